The van der Waals surface area contributed by atoms with E-state index in [1.54, 1.807) is 0 Å². The molecule has 82 valence electrons. The highest BCUT2D eigenvalue weighted by atomic mass is 16.3. The van der Waals surface area contributed by atoms with Crippen molar-refractivity contribution >= 4 is 0 Å². The van der Waals surface area contributed by atoms with Gasteiger partial charge >= 0.3 is 0 Å². The average Bonchev–Trinajstić information content (AvgIpc) is 2.21. The lowest BCUT2D eigenvalue weighted by atomic mass is 10.1. The molecule has 1 heteroatoms. The Labute approximate surface area is 88.9 Å². The summed E-state index contributed by atoms with van der Waals surface area (Å²) in [7, 11) is 0. The number of aliphatic hydroxyl groups excluding tert-OH is 1. The fraction of sp³-hybridized carbons (Fsp3) is 0.846. The van der Waals surface area contributed by atoms with Crippen molar-refractivity contribution in [3.05, 3.63) is 0 Å². The molecule has 0 saturated carbocycles. The van der Waals surface area contributed by atoms with E-state index in [0.717, 1.165) is 12.8 Å². The Balaban J connectivity index is 3.15. The van der Waals surface area contributed by atoms with Crippen LogP contribution in [-0.2, 0) is 0 Å². The molecule has 1 nitrogen and oxygen atoms in total. The van der Waals surface area contributed by atoms with E-state index >= 15 is 0 Å². The van der Waals surface area contributed by atoms with Gasteiger partial charge in [0.05, 0.1) is 0 Å². The zero-order chi connectivity index (χ0) is 10.6. The van der Waals surface area contributed by atoms with Crippen molar-refractivity contribution < 1.29 is 5.11 Å². The Morgan fingerprint density at radius 3 is 2.29 bits per heavy atom. The first-order chi connectivity index (χ1) is 6.81. The highest BCUT2D eigenvalue weighted by Gasteiger charge is 1.91. The molecule has 0 bridgehead atoms. The maximum Gasteiger partial charge on any atom is 0.114 e. The summed E-state index contributed by atoms with van der Waals surface area (Å²) in [5.74, 6) is 5.87. The highest BCUT2D eigenvalue weighted by Crippen LogP contribution is 2.06. The van der Waals surface area contributed by atoms with Gasteiger partial charge in [0.15, 0.2) is 0 Å². The lowest BCUT2D eigenvalue weighted by molar-refractivity contribution is 0.228. The maximum absolute atomic E-state index is 9.16. The van der Waals surface area contributed by atoms with Gasteiger partial charge in [0.2, 0.25) is 0 Å². The van der Waals surface area contributed by atoms with Gasteiger partial charge in [-0.05, 0) is 12.8 Å². The molecule has 0 amide bonds. The van der Waals surface area contributed by atoms with E-state index in [2.05, 4.69) is 18.8 Å². The number of hydrogen-bond acceptors (Lipinski definition) is 1. The third-order valence-corrected chi connectivity index (χ3v) is 2.31. The normalized spacial score (nSPS) is 11.9. The topological polar surface area (TPSA) is 20.2 Å². The van der Waals surface area contributed by atoms with Gasteiger partial charge in [0.25, 0.3) is 0 Å². The Kier molecular flexibility index (Phi) is 10.2. The SMILES string of the molecule is CCCCCCCCC#CC(O)CC. The van der Waals surface area contributed by atoms with Crippen LogP contribution in [0.2, 0.25) is 0 Å². The summed E-state index contributed by atoms with van der Waals surface area (Å²) in [5, 5.41) is 9.16. The maximum atomic E-state index is 9.16. The van der Waals surface area contributed by atoms with Crippen LogP contribution in [0, 0.1) is 11.8 Å². The third-order valence-electron chi connectivity index (χ3n) is 2.31. The minimum atomic E-state index is -0.407. The molecular formula is C13H24O. The largest absolute Gasteiger partial charge is 0.380 e. The molecule has 0 spiro atoms. The zero-order valence-electron chi connectivity index (χ0n) is 9.68. The van der Waals surface area contributed by atoms with E-state index in [9.17, 15) is 0 Å². The zero-order valence-corrected chi connectivity index (χ0v) is 9.68. The molecule has 0 aromatic rings. The third kappa shape index (κ3) is 9.61. The van der Waals surface area contributed by atoms with E-state index in [1.165, 1.54) is 38.5 Å². The second-order valence-electron chi connectivity index (χ2n) is 3.76. The molecule has 0 aliphatic carbocycles. The van der Waals surface area contributed by atoms with Gasteiger partial charge in [0.1, 0.15) is 6.10 Å². The predicted molar refractivity (Wildman–Crippen MR) is 62.1 cm³/mol. The van der Waals surface area contributed by atoms with E-state index in [1.807, 2.05) is 6.92 Å². The predicted octanol–water partition coefficient (Wildman–Crippen LogP) is 3.51. The molecule has 0 saturated heterocycles. The summed E-state index contributed by atoms with van der Waals surface area (Å²) in [5.41, 5.74) is 0. The molecule has 14 heavy (non-hydrogen) atoms. The van der Waals surface area contributed by atoms with Gasteiger partial charge in [-0.2, -0.15) is 0 Å². The first-order valence-electron chi connectivity index (χ1n) is 5.97. The van der Waals surface area contributed by atoms with Crippen LogP contribution in [0.4, 0.5) is 0 Å². The van der Waals surface area contributed by atoms with Crippen molar-refractivity contribution in [1.82, 2.24) is 0 Å². The monoisotopic (exact) mass is 196 g/mol. The molecule has 0 heterocycles. The molecule has 0 rings (SSSR count). The van der Waals surface area contributed by atoms with Gasteiger partial charge in [-0.3, -0.25) is 0 Å². The van der Waals surface area contributed by atoms with Crippen molar-refractivity contribution in [2.75, 3.05) is 0 Å². The molecule has 1 atom stereocenters. The second-order valence-corrected chi connectivity index (χ2v) is 3.76. The van der Waals surface area contributed by atoms with Crippen LogP contribution in [0.1, 0.15) is 65.2 Å². The highest BCUT2D eigenvalue weighted by molar-refractivity contribution is 5.03. The van der Waals surface area contributed by atoms with Crippen LogP contribution in [-0.4, -0.2) is 11.2 Å². The quantitative estimate of drug-likeness (QED) is 0.488. The summed E-state index contributed by atoms with van der Waals surface area (Å²) in [6, 6.07) is 0. The lowest BCUT2D eigenvalue weighted by Gasteiger charge is -1.97. The van der Waals surface area contributed by atoms with Crippen molar-refractivity contribution in [2.24, 2.45) is 0 Å². The standard InChI is InChI=1S/C13H24O/c1-3-5-6-7-8-9-10-11-12-13(14)4-2/h13-14H,3-10H2,1-2H3. The van der Waals surface area contributed by atoms with Gasteiger partial charge < -0.3 is 5.11 Å². The van der Waals surface area contributed by atoms with E-state index in [4.69, 9.17) is 5.11 Å². The van der Waals surface area contributed by atoms with E-state index in [-0.39, 0.29) is 0 Å². The van der Waals surface area contributed by atoms with Crippen LogP contribution < -0.4 is 0 Å². The summed E-state index contributed by atoms with van der Waals surface area (Å²) >= 11 is 0. The molecule has 0 fully saturated rings. The van der Waals surface area contributed by atoms with Crippen LogP contribution in [0.25, 0.3) is 0 Å². The van der Waals surface area contributed by atoms with Crippen LogP contribution in [0.5, 0.6) is 0 Å². The smallest absolute Gasteiger partial charge is 0.114 e. The van der Waals surface area contributed by atoms with Gasteiger partial charge in [-0.15, -0.1) is 5.92 Å². The molecule has 0 aromatic heterocycles. The molecule has 0 radical (unpaired) electrons. The van der Waals surface area contributed by atoms with Gasteiger partial charge in [-0.1, -0.05) is 51.9 Å². The fourth-order valence-corrected chi connectivity index (χ4v) is 1.29. The Hall–Kier alpha value is -0.480. The second kappa shape index (κ2) is 10.6. The minimum Gasteiger partial charge on any atom is -0.380 e. The molecule has 0 aromatic carbocycles. The average molecular weight is 196 g/mol. The first kappa shape index (κ1) is 13.5. The Morgan fingerprint density at radius 2 is 1.64 bits per heavy atom. The molecule has 0 aliphatic rings. The number of unbranched alkanes of at least 4 members (excludes halogenated alkanes) is 6. The van der Waals surface area contributed by atoms with Gasteiger partial charge in [0, 0.05) is 6.42 Å². The summed E-state index contributed by atoms with van der Waals surface area (Å²) in [4.78, 5) is 0. The Bertz CT molecular complexity index is 164. The first-order valence-corrected chi connectivity index (χ1v) is 5.97. The number of rotatable bonds is 7. The molecular weight excluding hydrogens is 172 g/mol. The van der Waals surface area contributed by atoms with Crippen molar-refractivity contribution in [3.8, 4) is 11.8 Å². The summed E-state index contributed by atoms with van der Waals surface area (Å²) in [6.07, 6.45) is 9.13. The van der Waals surface area contributed by atoms with Crippen LogP contribution in [0.15, 0.2) is 0 Å². The Morgan fingerprint density at radius 1 is 1.00 bits per heavy atom. The van der Waals surface area contributed by atoms with Crippen molar-refractivity contribution in [2.45, 2.75) is 71.3 Å². The fourth-order valence-electron chi connectivity index (χ4n) is 1.29. The van der Waals surface area contributed by atoms with E-state index < -0.39 is 6.10 Å². The summed E-state index contributed by atoms with van der Waals surface area (Å²) in [6.45, 7) is 4.18. The molecule has 1 N–H and O–H groups in total. The van der Waals surface area contributed by atoms with E-state index in [0.29, 0.717) is 0 Å². The van der Waals surface area contributed by atoms with Crippen LogP contribution >= 0.6 is 0 Å². The van der Waals surface area contributed by atoms with Gasteiger partial charge in [-0.25, -0.2) is 0 Å². The molecule has 1 unspecified atom stereocenters. The van der Waals surface area contributed by atoms with Crippen molar-refractivity contribution in [3.63, 3.8) is 0 Å². The number of aliphatic hydroxyl groups is 1. The molecule has 0 aliphatic heterocycles. The number of hydrogen-bond donors (Lipinski definition) is 1. The minimum absolute atomic E-state index is 0.407. The lowest BCUT2D eigenvalue weighted by Crippen LogP contribution is -1.98. The summed E-state index contributed by atoms with van der Waals surface area (Å²) < 4.78 is 0. The van der Waals surface area contributed by atoms with Crippen LogP contribution in [0.3, 0.4) is 0 Å². The van der Waals surface area contributed by atoms with Crippen molar-refractivity contribution in [1.29, 1.82) is 0 Å².